The molecule has 2 aliphatic rings. The van der Waals surface area contributed by atoms with Crippen LogP contribution < -0.4 is 5.32 Å². The Morgan fingerprint density at radius 3 is 2.67 bits per heavy atom. The minimum absolute atomic E-state index is 0.281. The van der Waals surface area contributed by atoms with Crippen LogP contribution in [0.2, 0.25) is 0 Å². The topological polar surface area (TPSA) is 89.2 Å². The summed E-state index contributed by atoms with van der Waals surface area (Å²) in [5.74, 6) is 2.66. The fraction of sp³-hybridized carbons (Fsp3) is 0.684. The molecule has 2 aromatic rings. The first-order valence-electron chi connectivity index (χ1n) is 9.93. The highest BCUT2D eigenvalue weighted by molar-refractivity contribution is 5.24. The van der Waals surface area contributed by atoms with E-state index in [4.69, 9.17) is 9.26 Å². The second kappa shape index (κ2) is 8.75. The number of hydrogen-bond donors (Lipinski definition) is 1. The Kier molecular flexibility index (Phi) is 5.94. The van der Waals surface area contributed by atoms with E-state index in [9.17, 15) is 0 Å². The van der Waals surface area contributed by atoms with E-state index >= 15 is 0 Å². The quantitative estimate of drug-likeness (QED) is 0.757. The highest BCUT2D eigenvalue weighted by Crippen LogP contribution is 2.32. The summed E-state index contributed by atoms with van der Waals surface area (Å²) in [6.45, 7) is 3.01. The van der Waals surface area contributed by atoms with E-state index in [1.807, 2.05) is 19.4 Å². The molecule has 0 unspecified atom stereocenters. The molecule has 8 nitrogen and oxygen atoms in total. The van der Waals surface area contributed by atoms with Crippen LogP contribution >= 0.6 is 0 Å². The van der Waals surface area contributed by atoms with Gasteiger partial charge in [-0.3, -0.25) is 4.90 Å². The Hall–Kier alpha value is -2.06. The molecule has 0 radical (unpaired) electrons. The molecule has 4 rings (SSSR count). The minimum Gasteiger partial charge on any atom is -0.376 e. The van der Waals surface area contributed by atoms with Crippen molar-refractivity contribution in [3.8, 4) is 0 Å². The number of hydrogen-bond acceptors (Lipinski definition) is 8. The van der Waals surface area contributed by atoms with E-state index in [1.54, 1.807) is 0 Å². The Morgan fingerprint density at radius 1 is 1.11 bits per heavy atom. The average molecular weight is 372 g/mol. The molecule has 3 heterocycles. The first-order valence-corrected chi connectivity index (χ1v) is 9.93. The van der Waals surface area contributed by atoms with Crippen LogP contribution in [0.1, 0.15) is 61.7 Å². The number of nitrogens with one attached hydrogen (secondary N) is 1. The van der Waals surface area contributed by atoms with E-state index < -0.39 is 0 Å². The van der Waals surface area contributed by atoms with Crippen molar-refractivity contribution in [3.05, 3.63) is 29.7 Å². The number of rotatable bonds is 8. The zero-order valence-electron chi connectivity index (χ0n) is 15.9. The average Bonchev–Trinajstić information content (AvgIpc) is 3.43. The second-order valence-electron chi connectivity index (χ2n) is 7.63. The third-order valence-corrected chi connectivity index (χ3v) is 5.27. The Balaban J connectivity index is 1.24. The molecular formula is C19H28N6O2. The molecule has 27 heavy (non-hydrogen) atoms. The highest BCUT2D eigenvalue weighted by Gasteiger charge is 2.23. The van der Waals surface area contributed by atoms with Crippen molar-refractivity contribution in [2.24, 2.45) is 0 Å². The highest BCUT2D eigenvalue weighted by atomic mass is 16.5. The summed E-state index contributed by atoms with van der Waals surface area (Å²) in [5, 5.41) is 7.38. The van der Waals surface area contributed by atoms with Crippen LogP contribution in [0.4, 0.5) is 5.95 Å². The lowest BCUT2D eigenvalue weighted by Crippen LogP contribution is -2.20. The van der Waals surface area contributed by atoms with Crippen LogP contribution in [-0.2, 0) is 17.8 Å². The van der Waals surface area contributed by atoms with Gasteiger partial charge in [0.15, 0.2) is 5.82 Å². The van der Waals surface area contributed by atoms with Gasteiger partial charge >= 0.3 is 0 Å². The Morgan fingerprint density at radius 2 is 1.93 bits per heavy atom. The van der Waals surface area contributed by atoms with Crippen LogP contribution in [0.3, 0.4) is 0 Å². The molecule has 1 aliphatic carbocycles. The molecule has 0 amide bonds. The Bertz CT molecular complexity index is 707. The van der Waals surface area contributed by atoms with Gasteiger partial charge in [0.05, 0.1) is 12.6 Å². The van der Waals surface area contributed by atoms with Crippen molar-refractivity contribution in [1.82, 2.24) is 25.0 Å². The number of nitrogens with zero attached hydrogens (tertiary/aromatic N) is 5. The standard InChI is InChI=1S/C19H28N6O2/c1-25(13-17-23-18(27-24-17)15-5-2-3-6-15)12-14-9-20-19(21-10-14)22-11-16-7-4-8-26-16/h9-10,15-16H,2-8,11-13H2,1H3,(H,20,21,22)/t16-/m0/s1. The lowest BCUT2D eigenvalue weighted by Gasteiger charge is -2.14. The maximum absolute atomic E-state index is 5.60. The maximum Gasteiger partial charge on any atom is 0.229 e. The number of anilines is 1. The normalized spacial score (nSPS) is 20.6. The van der Waals surface area contributed by atoms with Gasteiger partial charge in [-0.15, -0.1) is 0 Å². The smallest absolute Gasteiger partial charge is 0.229 e. The summed E-state index contributed by atoms with van der Waals surface area (Å²) < 4.78 is 11.1. The summed E-state index contributed by atoms with van der Waals surface area (Å²) in [5.41, 5.74) is 1.06. The van der Waals surface area contributed by atoms with Gasteiger partial charge < -0.3 is 14.6 Å². The maximum atomic E-state index is 5.60. The van der Waals surface area contributed by atoms with Crippen molar-refractivity contribution in [2.75, 3.05) is 25.5 Å². The molecule has 2 aromatic heterocycles. The van der Waals surface area contributed by atoms with Crippen LogP contribution in [-0.4, -0.2) is 51.3 Å². The van der Waals surface area contributed by atoms with Gasteiger partial charge in [0, 0.05) is 43.6 Å². The van der Waals surface area contributed by atoms with Gasteiger partial charge in [0.25, 0.3) is 0 Å². The van der Waals surface area contributed by atoms with Crippen molar-refractivity contribution >= 4 is 5.95 Å². The molecule has 0 aromatic carbocycles. The van der Waals surface area contributed by atoms with Crippen LogP contribution in [0, 0.1) is 0 Å². The van der Waals surface area contributed by atoms with Gasteiger partial charge in [-0.1, -0.05) is 18.0 Å². The van der Waals surface area contributed by atoms with E-state index in [2.05, 4.69) is 30.3 Å². The molecule has 1 saturated heterocycles. The molecule has 1 saturated carbocycles. The molecule has 146 valence electrons. The zero-order valence-corrected chi connectivity index (χ0v) is 15.9. The van der Waals surface area contributed by atoms with Crippen LogP contribution in [0.25, 0.3) is 0 Å². The van der Waals surface area contributed by atoms with Gasteiger partial charge in [-0.2, -0.15) is 4.98 Å². The van der Waals surface area contributed by atoms with Crippen molar-refractivity contribution in [2.45, 2.75) is 63.6 Å². The molecule has 1 aliphatic heterocycles. The molecule has 8 heteroatoms. The third kappa shape index (κ3) is 5.01. The summed E-state index contributed by atoms with van der Waals surface area (Å²) in [7, 11) is 2.04. The monoisotopic (exact) mass is 372 g/mol. The first-order chi connectivity index (χ1) is 13.3. The minimum atomic E-state index is 0.281. The molecule has 0 spiro atoms. The van der Waals surface area contributed by atoms with E-state index in [0.29, 0.717) is 18.4 Å². The zero-order chi connectivity index (χ0) is 18.5. The summed E-state index contributed by atoms with van der Waals surface area (Å²) in [4.78, 5) is 15.5. The third-order valence-electron chi connectivity index (χ3n) is 5.27. The fourth-order valence-corrected chi connectivity index (χ4v) is 3.82. The van der Waals surface area contributed by atoms with Gasteiger partial charge in [0.1, 0.15) is 0 Å². The summed E-state index contributed by atoms with van der Waals surface area (Å²) >= 11 is 0. The van der Waals surface area contributed by atoms with Crippen molar-refractivity contribution < 1.29 is 9.26 Å². The fourth-order valence-electron chi connectivity index (χ4n) is 3.82. The SMILES string of the molecule is CN(Cc1cnc(NC[C@@H]2CCCO2)nc1)Cc1noc(C2CCCC2)n1. The largest absolute Gasteiger partial charge is 0.376 e. The van der Waals surface area contributed by atoms with E-state index in [0.717, 1.165) is 49.8 Å². The van der Waals surface area contributed by atoms with Gasteiger partial charge in [-0.05, 0) is 32.7 Å². The van der Waals surface area contributed by atoms with Crippen molar-refractivity contribution in [1.29, 1.82) is 0 Å². The predicted octanol–water partition coefficient (Wildman–Crippen LogP) is 2.74. The van der Waals surface area contributed by atoms with Crippen molar-refractivity contribution in [3.63, 3.8) is 0 Å². The molecule has 1 N–H and O–H groups in total. The summed E-state index contributed by atoms with van der Waals surface area (Å²) in [6, 6.07) is 0. The predicted molar refractivity (Wildman–Crippen MR) is 100 cm³/mol. The molecule has 1 atom stereocenters. The lowest BCUT2D eigenvalue weighted by molar-refractivity contribution is 0.120. The molecular weight excluding hydrogens is 344 g/mol. The molecule has 0 bridgehead atoms. The molecule has 2 fully saturated rings. The summed E-state index contributed by atoms with van der Waals surface area (Å²) in [6.07, 6.45) is 11.1. The number of ether oxygens (including phenoxy) is 1. The lowest BCUT2D eigenvalue weighted by atomic mass is 10.1. The van der Waals surface area contributed by atoms with Crippen LogP contribution in [0.5, 0.6) is 0 Å². The van der Waals surface area contributed by atoms with Crippen LogP contribution in [0.15, 0.2) is 16.9 Å². The second-order valence-corrected chi connectivity index (χ2v) is 7.63. The Labute approximate surface area is 159 Å². The number of aromatic nitrogens is 4. The first kappa shape index (κ1) is 18.3. The van der Waals surface area contributed by atoms with Gasteiger partial charge in [-0.25, -0.2) is 9.97 Å². The van der Waals surface area contributed by atoms with Gasteiger partial charge in [0.2, 0.25) is 11.8 Å². The van der Waals surface area contributed by atoms with E-state index in [-0.39, 0.29) is 6.10 Å². The van der Waals surface area contributed by atoms with E-state index in [1.165, 1.54) is 25.7 Å².